The molecule has 2 aliphatic rings. The van der Waals surface area contributed by atoms with Gasteiger partial charge in [-0.25, -0.2) is 16.8 Å². The topological polar surface area (TPSA) is 71.5 Å². The predicted octanol–water partition coefficient (Wildman–Crippen LogP) is 2.68. The van der Waals surface area contributed by atoms with Gasteiger partial charge in [-0.15, -0.1) is 0 Å². The molecule has 1 saturated carbocycles. The van der Waals surface area contributed by atoms with E-state index in [1.54, 1.807) is 4.31 Å². The van der Waals surface area contributed by atoms with Crippen LogP contribution in [0.5, 0.6) is 0 Å². The van der Waals surface area contributed by atoms with Gasteiger partial charge in [0.1, 0.15) is 0 Å². The first-order valence-corrected chi connectivity index (χ1v) is 11.5. The Morgan fingerprint density at radius 2 is 1.50 bits per heavy atom. The first-order valence-electron chi connectivity index (χ1n) is 8.15. The molecule has 2 fully saturated rings. The number of sulfonamides is 1. The van der Waals surface area contributed by atoms with Crippen molar-refractivity contribution >= 4 is 19.9 Å². The van der Waals surface area contributed by atoms with Crippen LogP contribution in [-0.4, -0.2) is 40.0 Å². The summed E-state index contributed by atoms with van der Waals surface area (Å²) in [6.07, 6.45) is 3.90. The number of hydrogen-bond acceptors (Lipinski definition) is 4. The summed E-state index contributed by atoms with van der Waals surface area (Å²) >= 11 is 0. The number of rotatable bonds is 3. The lowest BCUT2D eigenvalue weighted by Gasteiger charge is -2.39. The van der Waals surface area contributed by atoms with Gasteiger partial charge in [0.05, 0.1) is 9.79 Å². The Bertz CT molecular complexity index is 856. The zero-order chi connectivity index (χ0) is 18.0. The summed E-state index contributed by atoms with van der Waals surface area (Å²) in [6, 6.07) is 5.58. The number of benzene rings is 1. The van der Waals surface area contributed by atoms with Gasteiger partial charge in [0.15, 0.2) is 9.84 Å². The average Bonchev–Trinajstić information content (AvgIpc) is 2.67. The van der Waals surface area contributed by atoms with Gasteiger partial charge in [-0.05, 0) is 54.4 Å². The van der Waals surface area contributed by atoms with Crippen LogP contribution >= 0.6 is 0 Å². The Labute approximate surface area is 145 Å². The molecule has 1 heterocycles. The first kappa shape index (κ1) is 17.9. The van der Waals surface area contributed by atoms with Crippen LogP contribution in [0.1, 0.15) is 40.0 Å². The van der Waals surface area contributed by atoms with E-state index < -0.39 is 19.9 Å². The first-order chi connectivity index (χ1) is 10.8. The van der Waals surface area contributed by atoms with Gasteiger partial charge in [0.2, 0.25) is 10.0 Å². The minimum Gasteiger partial charge on any atom is -0.224 e. The van der Waals surface area contributed by atoms with Gasteiger partial charge >= 0.3 is 0 Å². The molecule has 7 heteroatoms. The van der Waals surface area contributed by atoms with Crippen molar-refractivity contribution in [2.45, 2.75) is 55.9 Å². The van der Waals surface area contributed by atoms with Crippen LogP contribution in [0.2, 0.25) is 0 Å². The van der Waals surface area contributed by atoms with Gasteiger partial charge in [-0.1, -0.05) is 20.8 Å². The molecule has 2 atom stereocenters. The number of sulfone groups is 1. The van der Waals surface area contributed by atoms with E-state index in [2.05, 4.69) is 20.8 Å². The maximum atomic E-state index is 13.1. The van der Waals surface area contributed by atoms with Gasteiger partial charge in [-0.3, -0.25) is 0 Å². The highest BCUT2D eigenvalue weighted by atomic mass is 32.2. The van der Waals surface area contributed by atoms with Crippen molar-refractivity contribution in [1.29, 1.82) is 0 Å². The van der Waals surface area contributed by atoms with Gasteiger partial charge in [-0.2, -0.15) is 4.31 Å². The predicted molar refractivity (Wildman–Crippen MR) is 93.0 cm³/mol. The Morgan fingerprint density at radius 1 is 0.958 bits per heavy atom. The summed E-state index contributed by atoms with van der Waals surface area (Å²) in [4.78, 5) is 0.304. The molecule has 1 aromatic rings. The molecule has 24 heavy (non-hydrogen) atoms. The number of fused-ring (bicyclic) bond motifs is 2. The fraction of sp³-hybridized carbons (Fsp3) is 0.647. The fourth-order valence-corrected chi connectivity index (χ4v) is 7.09. The summed E-state index contributed by atoms with van der Waals surface area (Å²) in [5.41, 5.74) is 0.161. The third kappa shape index (κ3) is 3.13. The van der Waals surface area contributed by atoms with Crippen molar-refractivity contribution in [3.05, 3.63) is 24.3 Å². The Hall–Kier alpha value is -0.920. The summed E-state index contributed by atoms with van der Waals surface area (Å²) in [7, 11) is -6.94. The van der Waals surface area contributed by atoms with Crippen LogP contribution in [0.4, 0.5) is 0 Å². The van der Waals surface area contributed by atoms with E-state index in [1.165, 1.54) is 24.3 Å². The van der Waals surface area contributed by atoms with Crippen LogP contribution < -0.4 is 0 Å². The minimum absolute atomic E-state index is 0.0200. The monoisotopic (exact) mass is 371 g/mol. The van der Waals surface area contributed by atoms with Crippen LogP contribution in [0.3, 0.4) is 0 Å². The highest BCUT2D eigenvalue weighted by molar-refractivity contribution is 7.90. The van der Waals surface area contributed by atoms with Crippen molar-refractivity contribution in [2.24, 2.45) is 10.8 Å². The molecule has 1 aromatic carbocycles. The SMILES string of the molecule is CC1(C)CC2CC(C)(CN2S(=O)(=O)c2ccc(S(C)(=O)=O)cc2)C1. The smallest absolute Gasteiger partial charge is 0.224 e. The lowest BCUT2D eigenvalue weighted by molar-refractivity contribution is 0.133. The highest BCUT2D eigenvalue weighted by Crippen LogP contribution is 2.53. The zero-order valence-corrected chi connectivity index (χ0v) is 16.2. The van der Waals surface area contributed by atoms with Gasteiger partial charge in [0.25, 0.3) is 0 Å². The van der Waals surface area contributed by atoms with Crippen molar-refractivity contribution in [2.75, 3.05) is 12.8 Å². The third-order valence-corrected chi connectivity index (χ3v) is 8.27. The summed E-state index contributed by atoms with van der Waals surface area (Å²) in [5, 5.41) is 0. The van der Waals surface area contributed by atoms with E-state index in [0.29, 0.717) is 6.54 Å². The molecular formula is C17H25NO4S2. The average molecular weight is 372 g/mol. The van der Waals surface area contributed by atoms with E-state index >= 15 is 0 Å². The molecule has 134 valence electrons. The molecule has 2 unspecified atom stereocenters. The van der Waals surface area contributed by atoms with E-state index in [9.17, 15) is 16.8 Å². The number of hydrogen-bond donors (Lipinski definition) is 0. The summed E-state index contributed by atoms with van der Waals surface area (Å²) in [6.45, 7) is 7.11. The molecule has 0 aromatic heterocycles. The lowest BCUT2D eigenvalue weighted by Crippen LogP contribution is -2.37. The zero-order valence-electron chi connectivity index (χ0n) is 14.6. The van der Waals surface area contributed by atoms with Crippen molar-refractivity contribution in [3.8, 4) is 0 Å². The van der Waals surface area contributed by atoms with Gasteiger partial charge in [0, 0.05) is 18.8 Å². The normalized spacial score (nSPS) is 30.4. The van der Waals surface area contributed by atoms with Crippen molar-refractivity contribution in [3.63, 3.8) is 0 Å². The molecule has 1 aliphatic heterocycles. The maximum absolute atomic E-state index is 13.1. The van der Waals surface area contributed by atoms with Crippen LogP contribution in [0, 0.1) is 10.8 Å². The fourth-order valence-electron chi connectivity index (χ4n) is 4.68. The maximum Gasteiger partial charge on any atom is 0.243 e. The molecule has 0 radical (unpaired) electrons. The number of nitrogens with zero attached hydrogens (tertiary/aromatic N) is 1. The Kier molecular flexibility index (Phi) is 3.94. The second-order valence-electron chi connectivity index (χ2n) is 8.51. The molecule has 2 bridgehead atoms. The quantitative estimate of drug-likeness (QED) is 0.819. The van der Waals surface area contributed by atoms with Crippen molar-refractivity contribution in [1.82, 2.24) is 4.31 Å². The Morgan fingerprint density at radius 3 is 2.04 bits per heavy atom. The Balaban J connectivity index is 1.94. The molecule has 1 saturated heterocycles. The van der Waals surface area contributed by atoms with E-state index in [0.717, 1.165) is 25.5 Å². The molecule has 0 amide bonds. The second kappa shape index (κ2) is 5.29. The third-order valence-electron chi connectivity index (χ3n) is 5.23. The van der Waals surface area contributed by atoms with Crippen LogP contribution in [0.25, 0.3) is 0 Å². The molecule has 3 rings (SSSR count). The molecular weight excluding hydrogens is 346 g/mol. The van der Waals surface area contributed by atoms with E-state index in [1.807, 2.05) is 0 Å². The molecule has 0 N–H and O–H groups in total. The highest BCUT2D eigenvalue weighted by Gasteiger charge is 2.53. The largest absolute Gasteiger partial charge is 0.243 e. The van der Waals surface area contributed by atoms with E-state index in [4.69, 9.17) is 0 Å². The van der Waals surface area contributed by atoms with Gasteiger partial charge < -0.3 is 0 Å². The summed E-state index contributed by atoms with van der Waals surface area (Å²) < 4.78 is 50.9. The van der Waals surface area contributed by atoms with Crippen LogP contribution in [0.15, 0.2) is 34.1 Å². The standard InChI is InChI=1S/C17H25NO4S2/c1-16(2)9-13-10-17(3,11-16)12-18(13)24(21,22)15-7-5-14(6-8-15)23(4,19)20/h5-8,13H,9-12H2,1-4H3. The van der Waals surface area contributed by atoms with Crippen LogP contribution in [-0.2, 0) is 19.9 Å². The molecule has 1 aliphatic carbocycles. The summed E-state index contributed by atoms with van der Waals surface area (Å²) in [5.74, 6) is 0. The molecule has 5 nitrogen and oxygen atoms in total. The second-order valence-corrected chi connectivity index (χ2v) is 12.4. The van der Waals surface area contributed by atoms with Crippen molar-refractivity contribution < 1.29 is 16.8 Å². The molecule has 0 spiro atoms. The minimum atomic E-state index is -3.60. The van der Waals surface area contributed by atoms with E-state index in [-0.39, 0.29) is 26.7 Å². The lowest BCUT2D eigenvalue weighted by atomic mass is 9.65.